The smallest absolute Gasteiger partial charge is 0.167 e. The summed E-state index contributed by atoms with van der Waals surface area (Å²) in [6, 6.07) is 0. The Labute approximate surface area is 169 Å². The summed E-state index contributed by atoms with van der Waals surface area (Å²) in [5, 5.41) is 0. The van der Waals surface area contributed by atoms with Gasteiger partial charge in [0, 0.05) is 0 Å². The van der Waals surface area contributed by atoms with Crippen LogP contribution in [0.3, 0.4) is 0 Å². The summed E-state index contributed by atoms with van der Waals surface area (Å²) >= 11 is 5.20. The lowest BCUT2D eigenvalue weighted by Gasteiger charge is -1.94. The molecule has 8 heteroatoms. The Balaban J connectivity index is 2.05. The van der Waals surface area contributed by atoms with Crippen LogP contribution in [-0.4, -0.2) is 23.1 Å². The van der Waals surface area contributed by atoms with Gasteiger partial charge in [-0.2, -0.15) is 0 Å². The van der Waals surface area contributed by atoms with Gasteiger partial charge >= 0.3 is 0 Å². The number of thioether (sulfide) groups is 4. The zero-order valence-corrected chi connectivity index (χ0v) is 17.8. The zero-order valence-electron chi connectivity index (χ0n) is 14.6. The number of hydrogen-bond acceptors (Lipinski definition) is 8. The van der Waals surface area contributed by atoms with Crippen LogP contribution in [0.5, 0.6) is 0 Å². The van der Waals surface area contributed by atoms with Gasteiger partial charge in [-0.05, 0) is 39.8 Å². The number of allylic oxidation sites excluding steroid dienone is 8. The number of carbonyl (C=O) groups is 4. The fourth-order valence-electron chi connectivity index (χ4n) is 1.96. The predicted molar refractivity (Wildman–Crippen MR) is 112 cm³/mol. The SMILES string of the molecule is CC(=O)C1=C(C(C)=O)SC(=C/C=C/C=C2SC(C(C)=O)=C(C(C)=O)S2)S1. The van der Waals surface area contributed by atoms with E-state index in [1.807, 2.05) is 24.3 Å². The van der Waals surface area contributed by atoms with Crippen LogP contribution in [0.1, 0.15) is 27.7 Å². The largest absolute Gasteiger partial charge is 0.294 e. The molecular weight excluding hydrogens is 408 g/mol. The summed E-state index contributed by atoms with van der Waals surface area (Å²) < 4.78 is 1.71. The topological polar surface area (TPSA) is 68.3 Å². The lowest BCUT2D eigenvalue weighted by molar-refractivity contribution is -0.115. The molecule has 0 aliphatic carbocycles. The average molecular weight is 425 g/mol. The van der Waals surface area contributed by atoms with Gasteiger partial charge in [0.1, 0.15) is 0 Å². The van der Waals surface area contributed by atoms with Crippen LogP contribution >= 0.6 is 47.0 Å². The van der Waals surface area contributed by atoms with E-state index >= 15 is 0 Å². The zero-order chi connectivity index (χ0) is 19.4. The van der Waals surface area contributed by atoms with Gasteiger partial charge in [0.25, 0.3) is 0 Å². The van der Waals surface area contributed by atoms with Crippen LogP contribution < -0.4 is 0 Å². The van der Waals surface area contributed by atoms with Gasteiger partial charge < -0.3 is 0 Å². The Morgan fingerprint density at radius 1 is 0.538 bits per heavy atom. The highest BCUT2D eigenvalue weighted by Gasteiger charge is 2.27. The lowest BCUT2D eigenvalue weighted by Crippen LogP contribution is -1.98. The minimum atomic E-state index is -0.111. The summed E-state index contributed by atoms with van der Waals surface area (Å²) in [6.07, 6.45) is 7.29. The van der Waals surface area contributed by atoms with Crippen LogP contribution in [0.2, 0.25) is 0 Å². The molecule has 26 heavy (non-hydrogen) atoms. The molecule has 0 fully saturated rings. The van der Waals surface area contributed by atoms with E-state index in [1.165, 1.54) is 74.7 Å². The summed E-state index contributed by atoms with van der Waals surface area (Å²) in [7, 11) is 0. The predicted octanol–water partition coefficient (Wildman–Crippen LogP) is 4.96. The van der Waals surface area contributed by atoms with Crippen molar-refractivity contribution in [2.45, 2.75) is 27.7 Å². The maximum absolute atomic E-state index is 11.6. The first-order valence-electron chi connectivity index (χ1n) is 7.53. The number of carbonyl (C=O) groups excluding carboxylic acids is 4. The minimum Gasteiger partial charge on any atom is -0.294 e. The Bertz CT molecular complexity index is 730. The van der Waals surface area contributed by atoms with Crippen molar-refractivity contribution in [3.8, 4) is 0 Å². The molecule has 136 valence electrons. The van der Waals surface area contributed by atoms with Crippen LogP contribution in [0.25, 0.3) is 0 Å². The van der Waals surface area contributed by atoms with Crippen molar-refractivity contribution < 1.29 is 19.2 Å². The van der Waals surface area contributed by atoms with Gasteiger partial charge in [-0.3, -0.25) is 19.2 Å². The van der Waals surface area contributed by atoms with Crippen LogP contribution in [0.15, 0.2) is 52.4 Å². The molecule has 2 rings (SSSR count). The van der Waals surface area contributed by atoms with E-state index in [1.54, 1.807) is 0 Å². The van der Waals surface area contributed by atoms with Crippen molar-refractivity contribution in [2.24, 2.45) is 0 Å². The van der Waals surface area contributed by atoms with E-state index in [9.17, 15) is 19.2 Å². The highest BCUT2D eigenvalue weighted by atomic mass is 32.2. The second-order valence-electron chi connectivity index (χ2n) is 5.31. The van der Waals surface area contributed by atoms with Gasteiger partial charge in [0.05, 0.1) is 28.1 Å². The molecule has 0 amide bonds. The fraction of sp³-hybridized carbons (Fsp3) is 0.222. The molecule has 2 aliphatic rings. The highest BCUT2D eigenvalue weighted by Crippen LogP contribution is 2.50. The molecule has 0 saturated heterocycles. The van der Waals surface area contributed by atoms with Gasteiger partial charge in [-0.25, -0.2) is 0 Å². The summed E-state index contributed by atoms with van der Waals surface area (Å²) in [6.45, 7) is 5.82. The van der Waals surface area contributed by atoms with Crippen molar-refractivity contribution in [2.75, 3.05) is 0 Å². The number of hydrogen-bond donors (Lipinski definition) is 0. The maximum Gasteiger partial charge on any atom is 0.167 e. The van der Waals surface area contributed by atoms with Crippen molar-refractivity contribution >= 4 is 70.2 Å². The first-order valence-corrected chi connectivity index (χ1v) is 10.8. The highest BCUT2D eigenvalue weighted by molar-refractivity contribution is 8.29. The molecule has 2 aliphatic heterocycles. The molecule has 0 spiro atoms. The van der Waals surface area contributed by atoms with E-state index in [-0.39, 0.29) is 23.1 Å². The van der Waals surface area contributed by atoms with Crippen molar-refractivity contribution in [1.29, 1.82) is 0 Å². The fourth-order valence-corrected chi connectivity index (χ4v) is 6.71. The summed E-state index contributed by atoms with van der Waals surface area (Å²) in [5.41, 5.74) is 0. The average Bonchev–Trinajstić information content (AvgIpc) is 3.16. The molecule has 0 bridgehead atoms. The molecule has 0 saturated carbocycles. The second-order valence-corrected chi connectivity index (χ2v) is 10.0. The Morgan fingerprint density at radius 3 is 0.962 bits per heavy atom. The standard InChI is InChI=1S/C18H16O4S4/c1-9(19)15-16(10(2)20)24-13(23-15)7-5-6-8-14-25-17(11(3)21)18(26-14)12(4)22/h5-8H,1-4H3/b6-5+. The van der Waals surface area contributed by atoms with Crippen LogP contribution in [0.4, 0.5) is 0 Å². The molecule has 4 nitrogen and oxygen atoms in total. The summed E-state index contributed by atoms with van der Waals surface area (Å²) in [5.74, 6) is -0.442. The maximum atomic E-state index is 11.6. The van der Waals surface area contributed by atoms with Crippen molar-refractivity contribution in [1.82, 2.24) is 0 Å². The molecule has 0 aromatic carbocycles. The van der Waals surface area contributed by atoms with Crippen LogP contribution in [-0.2, 0) is 19.2 Å². The molecule has 0 N–H and O–H groups in total. The number of rotatable bonds is 6. The molecular formula is C18H16O4S4. The van der Waals surface area contributed by atoms with Crippen molar-refractivity contribution in [3.05, 3.63) is 52.4 Å². The summed E-state index contributed by atoms with van der Waals surface area (Å²) in [4.78, 5) is 48.4. The van der Waals surface area contributed by atoms with Gasteiger partial charge in [0.15, 0.2) is 23.1 Å². The van der Waals surface area contributed by atoms with E-state index in [4.69, 9.17) is 0 Å². The van der Waals surface area contributed by atoms with E-state index in [0.29, 0.717) is 19.6 Å². The molecule has 0 atom stereocenters. The van der Waals surface area contributed by atoms with Crippen molar-refractivity contribution in [3.63, 3.8) is 0 Å². The third-order valence-electron chi connectivity index (χ3n) is 3.08. The van der Waals surface area contributed by atoms with Gasteiger partial charge in [0.2, 0.25) is 0 Å². The third kappa shape index (κ3) is 5.16. The Morgan fingerprint density at radius 2 is 0.769 bits per heavy atom. The molecule has 0 aromatic heterocycles. The van der Waals surface area contributed by atoms with E-state index in [2.05, 4.69) is 0 Å². The monoisotopic (exact) mass is 424 g/mol. The Kier molecular flexibility index (Phi) is 7.40. The molecule has 2 heterocycles. The Hall–Kier alpha value is -1.22. The molecule has 0 radical (unpaired) electrons. The third-order valence-corrected chi connectivity index (χ3v) is 8.47. The second kappa shape index (κ2) is 9.12. The quantitative estimate of drug-likeness (QED) is 0.592. The first-order chi connectivity index (χ1) is 12.2. The van der Waals surface area contributed by atoms with Gasteiger partial charge in [-0.1, -0.05) is 59.2 Å². The van der Waals surface area contributed by atoms with Crippen LogP contribution in [0, 0.1) is 0 Å². The molecule has 0 aromatic rings. The molecule has 0 unspecified atom stereocenters. The van der Waals surface area contributed by atoms with Gasteiger partial charge in [-0.15, -0.1) is 0 Å². The first kappa shape index (κ1) is 21.1. The normalized spacial score (nSPS) is 17.4. The minimum absolute atomic E-state index is 0.111. The van der Waals surface area contributed by atoms with E-state index < -0.39 is 0 Å². The van der Waals surface area contributed by atoms with E-state index in [0.717, 1.165) is 8.47 Å². The number of ketones is 4. The lowest BCUT2D eigenvalue weighted by atomic mass is 10.3. The number of Topliss-reactive ketones (excluding diaryl/α,β-unsaturated/α-hetero) is 4.